The second-order valence-electron chi connectivity index (χ2n) is 3.84. The summed E-state index contributed by atoms with van der Waals surface area (Å²) in [7, 11) is 3.53. The summed E-state index contributed by atoms with van der Waals surface area (Å²) in [6.45, 7) is 1.05. The molecule has 0 aromatic carbocycles. The van der Waals surface area contributed by atoms with Crippen molar-refractivity contribution in [3.8, 4) is 0 Å². The van der Waals surface area contributed by atoms with E-state index in [2.05, 4.69) is 20.7 Å². The Bertz CT molecular complexity index is 193. The minimum atomic E-state index is -4.23. The molecule has 0 aromatic heterocycles. The van der Waals surface area contributed by atoms with Gasteiger partial charge in [0.05, 0.1) is 11.4 Å². The lowest BCUT2D eigenvalue weighted by Gasteiger charge is -2.19. The lowest BCUT2D eigenvalue weighted by atomic mass is 10.3. The van der Waals surface area contributed by atoms with Crippen molar-refractivity contribution < 1.29 is 22.6 Å². The number of hydrogen-bond acceptors (Lipinski definition) is 3. The quantitative estimate of drug-likeness (QED) is 0.480. The summed E-state index contributed by atoms with van der Waals surface area (Å²) in [5.74, 6) is 0. The molecule has 0 saturated heterocycles. The second kappa shape index (κ2) is 9.13. The fraction of sp³-hybridized carbons (Fsp3) is 1.00. The first-order chi connectivity index (χ1) is 7.85. The van der Waals surface area contributed by atoms with Gasteiger partial charge in [-0.2, -0.15) is 13.2 Å². The van der Waals surface area contributed by atoms with E-state index < -0.39 is 12.8 Å². The van der Waals surface area contributed by atoms with Crippen molar-refractivity contribution in [2.24, 2.45) is 0 Å². The van der Waals surface area contributed by atoms with Gasteiger partial charge in [-0.3, -0.25) is 0 Å². The highest BCUT2D eigenvalue weighted by Gasteiger charge is 2.27. The third-order valence-corrected chi connectivity index (χ3v) is 2.51. The fourth-order valence-corrected chi connectivity index (χ4v) is 2.05. The number of nitrogens with zero attached hydrogens (tertiary/aromatic N) is 1. The molecule has 17 heavy (non-hydrogen) atoms. The van der Waals surface area contributed by atoms with Gasteiger partial charge in [0.25, 0.3) is 0 Å². The molecule has 0 aliphatic carbocycles. The Balaban J connectivity index is 3.42. The molecule has 1 atom stereocenters. The first-order valence-electron chi connectivity index (χ1n) is 5.31. The fourth-order valence-electron chi connectivity index (χ4n) is 1.29. The molecule has 0 aliphatic heterocycles. The summed E-state index contributed by atoms with van der Waals surface area (Å²) in [6.07, 6.45) is -3.65. The summed E-state index contributed by atoms with van der Waals surface area (Å²) in [5, 5.41) is 0. The van der Waals surface area contributed by atoms with Crippen molar-refractivity contribution >= 4 is 15.9 Å². The Morgan fingerprint density at radius 2 is 2.00 bits per heavy atom. The molecule has 7 heteroatoms. The summed E-state index contributed by atoms with van der Waals surface area (Å²) in [6, 6.07) is 0. The van der Waals surface area contributed by atoms with Crippen LogP contribution in [0, 0.1) is 0 Å². The molecule has 1 unspecified atom stereocenters. The van der Waals surface area contributed by atoms with Crippen LogP contribution in [-0.4, -0.2) is 63.0 Å². The largest absolute Gasteiger partial charge is 0.411 e. The molecule has 104 valence electrons. The van der Waals surface area contributed by atoms with E-state index in [0.29, 0.717) is 19.6 Å². The van der Waals surface area contributed by atoms with Gasteiger partial charge >= 0.3 is 6.18 Å². The van der Waals surface area contributed by atoms with Gasteiger partial charge in [0.2, 0.25) is 0 Å². The minimum absolute atomic E-state index is 0.126. The normalized spacial score (nSPS) is 14.3. The highest BCUT2D eigenvalue weighted by Crippen LogP contribution is 2.14. The van der Waals surface area contributed by atoms with Crippen LogP contribution < -0.4 is 0 Å². The smallest absolute Gasteiger partial charge is 0.383 e. The summed E-state index contributed by atoms with van der Waals surface area (Å²) < 4.78 is 44.7. The number of rotatable bonds is 9. The Hall–Kier alpha value is 0.150. The molecule has 0 rings (SSSR count). The number of methoxy groups -OCH3 is 1. The zero-order chi connectivity index (χ0) is 13.3. The van der Waals surface area contributed by atoms with Gasteiger partial charge in [-0.1, -0.05) is 15.9 Å². The zero-order valence-electron chi connectivity index (χ0n) is 10.1. The second-order valence-corrected chi connectivity index (χ2v) is 5.13. The molecule has 0 spiro atoms. The average molecular weight is 322 g/mol. The van der Waals surface area contributed by atoms with Crippen LogP contribution in [0.3, 0.4) is 0 Å². The Labute approximate surface area is 108 Å². The summed E-state index contributed by atoms with van der Waals surface area (Å²) in [5.41, 5.74) is 0. The lowest BCUT2D eigenvalue weighted by Crippen LogP contribution is -2.30. The van der Waals surface area contributed by atoms with Crippen LogP contribution in [0.2, 0.25) is 0 Å². The monoisotopic (exact) mass is 321 g/mol. The van der Waals surface area contributed by atoms with Gasteiger partial charge in [-0.25, -0.2) is 0 Å². The van der Waals surface area contributed by atoms with Crippen molar-refractivity contribution in [3.63, 3.8) is 0 Å². The maximum Gasteiger partial charge on any atom is 0.411 e. The van der Waals surface area contributed by atoms with Crippen molar-refractivity contribution in [1.82, 2.24) is 4.90 Å². The molecule has 0 bridgehead atoms. The average Bonchev–Trinajstić information content (AvgIpc) is 2.15. The number of ether oxygens (including phenoxy) is 2. The van der Waals surface area contributed by atoms with Crippen LogP contribution in [0.1, 0.15) is 6.42 Å². The first kappa shape index (κ1) is 17.2. The predicted molar refractivity (Wildman–Crippen MR) is 63.6 cm³/mol. The van der Waals surface area contributed by atoms with Gasteiger partial charge in [-0.05, 0) is 13.5 Å². The molecule has 0 heterocycles. The van der Waals surface area contributed by atoms with E-state index >= 15 is 0 Å². The zero-order valence-corrected chi connectivity index (χ0v) is 11.7. The third-order valence-electron chi connectivity index (χ3n) is 1.95. The summed E-state index contributed by atoms with van der Waals surface area (Å²) >= 11 is 3.44. The Morgan fingerprint density at radius 1 is 1.35 bits per heavy atom. The molecule has 3 nitrogen and oxygen atoms in total. The number of hydrogen-bond donors (Lipinski definition) is 0. The van der Waals surface area contributed by atoms with Crippen molar-refractivity contribution in [3.05, 3.63) is 0 Å². The van der Waals surface area contributed by atoms with E-state index in [9.17, 15) is 13.2 Å². The molecule has 0 saturated carbocycles. The first-order valence-corrected chi connectivity index (χ1v) is 6.22. The predicted octanol–water partition coefficient (Wildman–Crippen LogP) is 2.30. The van der Waals surface area contributed by atoms with E-state index in [1.54, 1.807) is 7.11 Å². The maximum absolute atomic E-state index is 11.7. The van der Waals surface area contributed by atoms with Crippen LogP contribution >= 0.6 is 15.9 Å². The topological polar surface area (TPSA) is 21.7 Å². The molecule has 0 radical (unpaired) electrons. The molecule has 0 N–H and O–H groups in total. The van der Waals surface area contributed by atoms with Gasteiger partial charge in [-0.15, -0.1) is 0 Å². The number of halogens is 4. The molecular weight excluding hydrogens is 303 g/mol. The van der Waals surface area contributed by atoms with E-state index in [1.165, 1.54) is 0 Å². The maximum atomic E-state index is 11.7. The van der Waals surface area contributed by atoms with E-state index in [0.717, 1.165) is 6.54 Å². The van der Waals surface area contributed by atoms with Gasteiger partial charge in [0, 0.05) is 26.8 Å². The van der Waals surface area contributed by atoms with Gasteiger partial charge in [0.1, 0.15) is 6.61 Å². The van der Waals surface area contributed by atoms with E-state index in [1.807, 2.05) is 11.9 Å². The molecule has 0 amide bonds. The van der Waals surface area contributed by atoms with Crippen LogP contribution in [0.25, 0.3) is 0 Å². The van der Waals surface area contributed by atoms with E-state index in [-0.39, 0.29) is 11.4 Å². The van der Waals surface area contributed by atoms with Crippen LogP contribution in [0.5, 0.6) is 0 Å². The van der Waals surface area contributed by atoms with Crippen molar-refractivity contribution in [1.29, 1.82) is 0 Å². The molecular formula is C10H19BrF3NO2. The summed E-state index contributed by atoms with van der Waals surface area (Å²) in [4.78, 5) is 2.25. The third kappa shape index (κ3) is 12.4. The van der Waals surface area contributed by atoms with Crippen LogP contribution in [0.4, 0.5) is 13.2 Å². The van der Waals surface area contributed by atoms with E-state index in [4.69, 9.17) is 4.74 Å². The standard InChI is InChI=1S/C10H19BrF3NO2/c1-15(6-9(11)7-16-2)4-3-5-17-8-10(12,13)14/h9H,3-8H2,1-2H3. The number of alkyl halides is 4. The highest BCUT2D eigenvalue weighted by atomic mass is 79.9. The Morgan fingerprint density at radius 3 is 2.53 bits per heavy atom. The van der Waals surface area contributed by atoms with Gasteiger partial charge < -0.3 is 14.4 Å². The van der Waals surface area contributed by atoms with Crippen molar-refractivity contribution in [2.75, 3.05) is 47.1 Å². The minimum Gasteiger partial charge on any atom is -0.383 e. The lowest BCUT2D eigenvalue weighted by molar-refractivity contribution is -0.174. The van der Waals surface area contributed by atoms with Crippen molar-refractivity contribution in [2.45, 2.75) is 17.4 Å². The molecule has 0 aromatic rings. The SMILES string of the molecule is COCC(Br)CN(C)CCCOCC(F)(F)F. The Kier molecular flexibility index (Phi) is 9.21. The molecule has 0 fully saturated rings. The van der Waals surface area contributed by atoms with Gasteiger partial charge in [0.15, 0.2) is 0 Å². The van der Waals surface area contributed by atoms with Crippen LogP contribution in [0.15, 0.2) is 0 Å². The highest BCUT2D eigenvalue weighted by molar-refractivity contribution is 9.09. The molecule has 0 aliphatic rings. The van der Waals surface area contributed by atoms with Crippen LogP contribution in [-0.2, 0) is 9.47 Å².